The number of hydrogen-bond donors (Lipinski definition) is 0. The van der Waals surface area contributed by atoms with Gasteiger partial charge in [-0.3, -0.25) is 4.79 Å². The van der Waals surface area contributed by atoms with E-state index in [1.54, 1.807) is 0 Å². The minimum absolute atomic E-state index is 0.437. The Labute approximate surface area is 163 Å². The lowest BCUT2D eigenvalue weighted by atomic mass is 10.0. The van der Waals surface area contributed by atoms with Gasteiger partial charge in [0, 0.05) is 17.7 Å². The maximum Gasteiger partial charge on any atom is 0.185 e. The highest BCUT2D eigenvalue weighted by Gasteiger charge is 2.27. The molecule has 2 heterocycles. The van der Waals surface area contributed by atoms with Crippen molar-refractivity contribution in [3.05, 3.63) is 90.3 Å². The van der Waals surface area contributed by atoms with E-state index >= 15 is 0 Å². The largest absolute Gasteiger partial charge is 0.456 e. The van der Waals surface area contributed by atoms with E-state index < -0.39 is 0 Å². The van der Waals surface area contributed by atoms with Crippen LogP contribution in [-0.4, -0.2) is 15.8 Å². The van der Waals surface area contributed by atoms with E-state index in [-0.39, 0.29) is 0 Å². The zero-order valence-corrected chi connectivity index (χ0v) is 15.2. The summed E-state index contributed by atoms with van der Waals surface area (Å²) in [7, 11) is 0. The molecule has 5 rings (SSSR count). The predicted molar refractivity (Wildman–Crippen MR) is 109 cm³/mol. The molecule has 0 fully saturated rings. The predicted octanol–water partition coefficient (Wildman–Crippen LogP) is 5.38. The van der Waals surface area contributed by atoms with Gasteiger partial charge in [0.1, 0.15) is 17.2 Å². The van der Waals surface area contributed by atoms with E-state index in [4.69, 9.17) is 9.72 Å². The Morgan fingerprint density at radius 3 is 2.21 bits per heavy atom. The number of benzene rings is 3. The lowest BCUT2D eigenvalue weighted by molar-refractivity contribution is 0.111. The Bertz CT molecular complexity index is 1160. The summed E-state index contributed by atoms with van der Waals surface area (Å²) < 4.78 is 8.21. The summed E-state index contributed by atoms with van der Waals surface area (Å²) >= 11 is 0. The molecular weight excluding hydrogens is 348 g/mol. The number of ether oxygens (including phenoxy) is 1. The molecule has 1 aliphatic rings. The van der Waals surface area contributed by atoms with Crippen molar-refractivity contribution in [3.63, 3.8) is 0 Å². The minimum Gasteiger partial charge on any atom is -0.456 e. The molecular formula is C24H18N2O2. The fraction of sp³-hybridized carbons (Fsp3) is 0.0833. The Kier molecular flexibility index (Phi) is 4.02. The highest BCUT2D eigenvalue weighted by Crippen LogP contribution is 2.46. The smallest absolute Gasteiger partial charge is 0.185 e. The zero-order chi connectivity index (χ0) is 18.9. The number of aldehydes is 1. The first-order valence-electron chi connectivity index (χ1n) is 9.31. The van der Waals surface area contributed by atoms with Crippen LogP contribution >= 0.6 is 0 Å². The van der Waals surface area contributed by atoms with Crippen molar-refractivity contribution in [2.75, 3.05) is 0 Å². The molecule has 0 saturated carbocycles. The molecule has 4 nitrogen and oxygen atoms in total. The third-order valence-corrected chi connectivity index (χ3v) is 5.07. The average Bonchev–Trinajstić information content (AvgIpc) is 3.05. The van der Waals surface area contributed by atoms with Crippen molar-refractivity contribution >= 4 is 6.29 Å². The van der Waals surface area contributed by atoms with E-state index in [1.165, 1.54) is 5.56 Å². The molecule has 0 spiro atoms. The average molecular weight is 366 g/mol. The molecule has 4 aromatic rings. The van der Waals surface area contributed by atoms with Gasteiger partial charge in [-0.1, -0.05) is 54.6 Å². The summed E-state index contributed by atoms with van der Waals surface area (Å²) in [4.78, 5) is 16.5. The molecule has 0 amide bonds. The third-order valence-electron chi connectivity index (χ3n) is 5.07. The summed E-state index contributed by atoms with van der Waals surface area (Å²) in [5.41, 5.74) is 4.78. The van der Waals surface area contributed by atoms with Crippen molar-refractivity contribution in [2.45, 2.75) is 13.0 Å². The van der Waals surface area contributed by atoms with Crippen molar-refractivity contribution in [1.29, 1.82) is 0 Å². The van der Waals surface area contributed by atoms with Gasteiger partial charge in [-0.05, 0) is 36.2 Å². The summed E-state index contributed by atoms with van der Waals surface area (Å²) in [6.07, 6.45) is 1.65. The number of nitrogens with zero attached hydrogens (tertiary/aromatic N) is 2. The normalized spacial score (nSPS) is 11.6. The summed E-state index contributed by atoms with van der Waals surface area (Å²) in [5, 5.41) is 0. The lowest BCUT2D eigenvalue weighted by Gasteiger charge is -2.12. The van der Waals surface area contributed by atoms with Crippen LogP contribution in [0.25, 0.3) is 22.5 Å². The Morgan fingerprint density at radius 2 is 1.46 bits per heavy atom. The molecule has 0 saturated heterocycles. The maximum atomic E-state index is 11.9. The second-order valence-corrected chi connectivity index (χ2v) is 6.77. The van der Waals surface area contributed by atoms with E-state index in [0.717, 1.165) is 46.7 Å². The molecule has 0 bridgehead atoms. The minimum atomic E-state index is 0.437. The van der Waals surface area contributed by atoms with Crippen LogP contribution in [0.2, 0.25) is 0 Å². The van der Waals surface area contributed by atoms with Crippen LogP contribution in [0.4, 0.5) is 0 Å². The fourth-order valence-corrected chi connectivity index (χ4v) is 3.75. The number of fused-ring (bicyclic) bond motifs is 5. The van der Waals surface area contributed by atoms with Crippen LogP contribution in [0.3, 0.4) is 0 Å². The Hall–Kier alpha value is -3.66. The van der Waals surface area contributed by atoms with E-state index in [1.807, 2.05) is 71.3 Å². The number of rotatable bonds is 4. The number of aromatic nitrogens is 2. The highest BCUT2D eigenvalue weighted by atomic mass is 16.5. The lowest BCUT2D eigenvalue weighted by Crippen LogP contribution is -2.07. The van der Waals surface area contributed by atoms with Gasteiger partial charge < -0.3 is 9.30 Å². The van der Waals surface area contributed by atoms with Crippen LogP contribution in [0.15, 0.2) is 78.9 Å². The van der Waals surface area contributed by atoms with Crippen molar-refractivity contribution < 1.29 is 9.53 Å². The van der Waals surface area contributed by atoms with E-state index in [9.17, 15) is 4.79 Å². The van der Waals surface area contributed by atoms with E-state index in [0.29, 0.717) is 12.4 Å². The quantitative estimate of drug-likeness (QED) is 0.401. The first-order chi connectivity index (χ1) is 13.8. The van der Waals surface area contributed by atoms with Crippen LogP contribution in [0, 0.1) is 0 Å². The van der Waals surface area contributed by atoms with Gasteiger partial charge in [0.15, 0.2) is 12.1 Å². The molecule has 0 aliphatic carbocycles. The second kappa shape index (κ2) is 6.82. The monoisotopic (exact) mass is 366 g/mol. The number of para-hydroxylation sites is 2. The molecule has 136 valence electrons. The van der Waals surface area contributed by atoms with Gasteiger partial charge >= 0.3 is 0 Å². The number of hydrogen-bond acceptors (Lipinski definition) is 3. The van der Waals surface area contributed by atoms with Gasteiger partial charge in [0.2, 0.25) is 0 Å². The van der Waals surface area contributed by atoms with Gasteiger partial charge in [-0.2, -0.15) is 0 Å². The number of aryl methyl sites for hydroxylation is 1. The van der Waals surface area contributed by atoms with Crippen LogP contribution in [0.1, 0.15) is 16.2 Å². The first-order valence-corrected chi connectivity index (χ1v) is 9.31. The molecule has 0 atom stereocenters. The van der Waals surface area contributed by atoms with Crippen molar-refractivity contribution in [1.82, 2.24) is 9.55 Å². The molecule has 0 radical (unpaired) electrons. The van der Waals surface area contributed by atoms with Gasteiger partial charge in [0.25, 0.3) is 0 Å². The highest BCUT2D eigenvalue weighted by molar-refractivity contribution is 5.89. The number of carbonyl (C=O) groups is 1. The Balaban J connectivity index is 1.71. The van der Waals surface area contributed by atoms with Crippen LogP contribution < -0.4 is 4.74 Å². The summed E-state index contributed by atoms with van der Waals surface area (Å²) in [5.74, 6) is 1.96. The van der Waals surface area contributed by atoms with Crippen LogP contribution in [-0.2, 0) is 13.0 Å². The molecule has 0 unspecified atom stereocenters. The maximum absolute atomic E-state index is 11.9. The van der Waals surface area contributed by atoms with Gasteiger partial charge in [0.05, 0.1) is 5.69 Å². The second-order valence-electron chi connectivity index (χ2n) is 6.77. The topological polar surface area (TPSA) is 44.1 Å². The SMILES string of the molecule is O=Cc1nc2c(n1CCc1ccccc1)-c1ccccc1Oc1ccccc1-2. The molecule has 28 heavy (non-hydrogen) atoms. The zero-order valence-electron chi connectivity index (χ0n) is 15.2. The standard InChI is InChI=1S/C24H18N2O2/c27-16-22-25-23-18-10-4-6-12-20(18)28-21-13-7-5-11-19(21)24(23)26(22)15-14-17-8-2-1-3-9-17/h1-13,16H,14-15H2. The van der Waals surface area contributed by atoms with Gasteiger partial charge in [-0.15, -0.1) is 0 Å². The van der Waals surface area contributed by atoms with Crippen molar-refractivity contribution in [3.8, 4) is 34.0 Å². The third kappa shape index (κ3) is 2.70. The molecule has 4 heteroatoms. The summed E-state index contributed by atoms with van der Waals surface area (Å²) in [6.45, 7) is 0.664. The first kappa shape index (κ1) is 16.5. The summed E-state index contributed by atoms with van der Waals surface area (Å²) in [6, 6.07) is 26.0. The Morgan fingerprint density at radius 1 is 0.821 bits per heavy atom. The molecule has 0 N–H and O–H groups in total. The molecule has 1 aliphatic heterocycles. The molecule has 1 aromatic heterocycles. The number of carbonyl (C=O) groups excluding carboxylic acids is 1. The number of imidazole rings is 1. The van der Waals surface area contributed by atoms with Crippen LogP contribution in [0.5, 0.6) is 11.5 Å². The molecule has 3 aromatic carbocycles. The van der Waals surface area contributed by atoms with Gasteiger partial charge in [-0.25, -0.2) is 4.98 Å². The van der Waals surface area contributed by atoms with E-state index in [2.05, 4.69) is 12.1 Å². The van der Waals surface area contributed by atoms with Crippen molar-refractivity contribution in [2.24, 2.45) is 0 Å². The fourth-order valence-electron chi connectivity index (χ4n) is 3.75.